The van der Waals surface area contributed by atoms with Crippen LogP contribution in [-0.4, -0.2) is 135 Å². The van der Waals surface area contributed by atoms with Crippen LogP contribution in [0.5, 0.6) is 0 Å². The minimum atomic E-state index is -1.06. The number of aliphatic hydroxyl groups is 6. The lowest BCUT2D eigenvalue weighted by atomic mass is 9.43. The molecule has 8 aliphatic rings. The number of hydrogen-bond acceptors (Lipinski definition) is 14. The Morgan fingerprint density at radius 3 is 1.87 bits per heavy atom. The van der Waals surface area contributed by atoms with E-state index in [0.717, 1.165) is 44.9 Å². The maximum Gasteiger partial charge on any atom is 0.334 e. The lowest BCUT2D eigenvalue weighted by Crippen LogP contribution is -2.62. The van der Waals surface area contributed by atoms with E-state index in [0.29, 0.717) is 17.4 Å². The van der Waals surface area contributed by atoms with Crippen molar-refractivity contribution in [2.75, 3.05) is 6.61 Å². The minimum absolute atomic E-state index is 0.0188. The smallest absolute Gasteiger partial charge is 0.334 e. The molecule has 0 amide bonds. The van der Waals surface area contributed by atoms with Crippen LogP contribution in [0.3, 0.4) is 0 Å². The van der Waals surface area contributed by atoms with E-state index in [9.17, 15) is 35.4 Å². The average molecular weight is 781 g/mol. The molecule has 0 unspecified atom stereocenters. The van der Waals surface area contributed by atoms with Gasteiger partial charge >= 0.3 is 5.97 Å². The van der Waals surface area contributed by atoms with Crippen molar-refractivity contribution in [2.24, 2.45) is 34.5 Å². The number of fused-ring (bicyclic) bond motifs is 5. The van der Waals surface area contributed by atoms with Gasteiger partial charge in [-0.05, 0) is 95.0 Å². The van der Waals surface area contributed by atoms with E-state index >= 15 is 0 Å². The molecule has 312 valence electrons. The molecular weight excluding hydrogens is 716 g/mol. The molecule has 6 N–H and O–H groups in total. The highest BCUT2D eigenvalue weighted by atomic mass is 16.7. The Labute approximate surface area is 323 Å². The molecule has 7 fully saturated rings. The highest BCUT2D eigenvalue weighted by Gasteiger charge is 2.70. The van der Waals surface area contributed by atoms with Gasteiger partial charge in [0.05, 0.1) is 54.4 Å². The van der Waals surface area contributed by atoms with Crippen LogP contribution in [0.1, 0.15) is 105 Å². The zero-order valence-electron chi connectivity index (χ0n) is 32.9. The first-order chi connectivity index (χ1) is 26.0. The van der Waals surface area contributed by atoms with Crippen LogP contribution in [0, 0.1) is 34.5 Å². The molecule has 14 heteroatoms. The number of ether oxygens (including phenoxy) is 7. The van der Waals surface area contributed by atoms with E-state index in [1.165, 1.54) is 0 Å². The molecule has 0 radical (unpaired) electrons. The highest BCUT2D eigenvalue weighted by Crippen LogP contribution is 2.70. The first-order valence-corrected chi connectivity index (χ1v) is 20.9. The Balaban J connectivity index is 0.835. The number of cyclic esters (lactones) is 1. The summed E-state index contributed by atoms with van der Waals surface area (Å²) in [5.41, 5.74) is -1.10. The van der Waals surface area contributed by atoms with Gasteiger partial charge < -0.3 is 63.8 Å². The molecule has 4 heterocycles. The first kappa shape index (κ1) is 40.5. The van der Waals surface area contributed by atoms with E-state index in [2.05, 4.69) is 13.8 Å². The third-order valence-electron chi connectivity index (χ3n) is 15.8. The van der Waals surface area contributed by atoms with Gasteiger partial charge in [0.15, 0.2) is 18.9 Å². The highest BCUT2D eigenvalue weighted by molar-refractivity contribution is 5.91. The van der Waals surface area contributed by atoms with Crippen LogP contribution in [-0.2, 0) is 38.0 Å². The zero-order chi connectivity index (χ0) is 39.2. The molecule has 4 aliphatic heterocycles. The molecule has 55 heavy (non-hydrogen) atoms. The summed E-state index contributed by atoms with van der Waals surface area (Å²) in [5.74, 6) is -0.0177. The number of aliphatic hydroxyl groups excluding tert-OH is 5. The Hall–Kier alpha value is -1.27. The number of esters is 1. The summed E-state index contributed by atoms with van der Waals surface area (Å²) in [6.07, 6.45) is -1.27. The Morgan fingerprint density at radius 2 is 1.29 bits per heavy atom. The lowest BCUT2D eigenvalue weighted by molar-refractivity contribution is -0.336. The van der Waals surface area contributed by atoms with Crippen molar-refractivity contribution in [2.45, 2.75) is 197 Å². The van der Waals surface area contributed by atoms with E-state index < -0.39 is 96.8 Å². The molecule has 4 aliphatic carbocycles. The van der Waals surface area contributed by atoms with Gasteiger partial charge in [0.1, 0.15) is 24.9 Å². The largest absolute Gasteiger partial charge is 0.458 e. The van der Waals surface area contributed by atoms with Crippen molar-refractivity contribution in [1.82, 2.24) is 0 Å². The fourth-order valence-electron chi connectivity index (χ4n) is 12.8. The van der Waals surface area contributed by atoms with Crippen LogP contribution in [0.15, 0.2) is 11.6 Å². The number of carbonyl (C=O) groups is 1. The summed E-state index contributed by atoms with van der Waals surface area (Å²) in [7, 11) is 0. The maximum absolute atomic E-state index is 12.6. The Bertz CT molecular complexity index is 1410. The first-order valence-electron chi connectivity index (χ1n) is 20.9. The number of carbonyl (C=O) groups excluding carboxylic acids is 1. The Morgan fingerprint density at radius 1 is 0.691 bits per heavy atom. The minimum Gasteiger partial charge on any atom is -0.458 e. The van der Waals surface area contributed by atoms with E-state index in [-0.39, 0.29) is 55.7 Å². The normalized spacial score (nSPS) is 55.5. The predicted octanol–water partition coefficient (Wildman–Crippen LogP) is 2.22. The van der Waals surface area contributed by atoms with Crippen molar-refractivity contribution in [3.05, 3.63) is 11.6 Å². The summed E-state index contributed by atoms with van der Waals surface area (Å²) < 4.78 is 42.1. The lowest BCUT2D eigenvalue weighted by Gasteiger charge is -2.63. The van der Waals surface area contributed by atoms with Gasteiger partial charge in [-0.15, -0.1) is 0 Å². The second kappa shape index (κ2) is 15.1. The van der Waals surface area contributed by atoms with Crippen LogP contribution in [0.2, 0.25) is 0 Å². The van der Waals surface area contributed by atoms with Gasteiger partial charge in [-0.2, -0.15) is 0 Å². The van der Waals surface area contributed by atoms with Crippen molar-refractivity contribution in [3.8, 4) is 0 Å². The van der Waals surface area contributed by atoms with E-state index in [4.69, 9.17) is 33.2 Å². The van der Waals surface area contributed by atoms with E-state index in [1.807, 2.05) is 6.92 Å². The quantitative estimate of drug-likeness (QED) is 0.162. The van der Waals surface area contributed by atoms with Crippen molar-refractivity contribution >= 4 is 5.97 Å². The zero-order valence-corrected chi connectivity index (χ0v) is 32.9. The third kappa shape index (κ3) is 6.95. The van der Waals surface area contributed by atoms with E-state index in [1.54, 1.807) is 19.9 Å². The van der Waals surface area contributed by atoms with Gasteiger partial charge in [0.2, 0.25) is 0 Å². The second-order valence-corrected chi connectivity index (χ2v) is 18.8. The number of rotatable bonds is 7. The topological polar surface area (TPSA) is 203 Å². The summed E-state index contributed by atoms with van der Waals surface area (Å²) >= 11 is 0. The molecule has 0 aromatic rings. The molecule has 3 saturated heterocycles. The van der Waals surface area contributed by atoms with Gasteiger partial charge in [0, 0.05) is 42.6 Å². The maximum atomic E-state index is 12.6. The fraction of sp³-hybridized carbons (Fsp3) is 0.927. The molecule has 21 atom stereocenters. The van der Waals surface area contributed by atoms with Crippen LogP contribution < -0.4 is 0 Å². The molecule has 4 saturated carbocycles. The Kier molecular flexibility index (Phi) is 11.1. The molecule has 0 aromatic heterocycles. The molecule has 8 rings (SSSR count). The molecule has 0 aromatic carbocycles. The number of hydrogen-bond donors (Lipinski definition) is 6. The van der Waals surface area contributed by atoms with Gasteiger partial charge in [-0.1, -0.05) is 13.8 Å². The van der Waals surface area contributed by atoms with Crippen molar-refractivity contribution in [1.29, 1.82) is 0 Å². The molecule has 14 nitrogen and oxygen atoms in total. The van der Waals surface area contributed by atoms with Crippen LogP contribution in [0.25, 0.3) is 0 Å². The second-order valence-electron chi connectivity index (χ2n) is 18.8. The fourth-order valence-corrected chi connectivity index (χ4v) is 12.8. The third-order valence-corrected chi connectivity index (χ3v) is 15.8. The van der Waals surface area contributed by atoms with Gasteiger partial charge in [-0.3, -0.25) is 0 Å². The monoisotopic (exact) mass is 780 g/mol. The molecule has 0 spiro atoms. The SMILES string of the molecule is C[C@H]1O[C@@H](O[C@H]2[C@@H](O)C[C@H](O[C@H]3[C@@H](O)C[C@H](O[C@H]4CC[C@@]5(C)[C@H](CC[C@@H]6[C@@H]5CC[C@]5(C)[C@@H](C7=CCOC7=O)[C@@H](O)C[C@]65O)C4)O[C@@H]3C)O[C@@H]2C)C[C@H](O)[C@@H]1O. The van der Waals surface area contributed by atoms with Crippen LogP contribution in [0.4, 0.5) is 0 Å². The summed E-state index contributed by atoms with van der Waals surface area (Å²) in [6.45, 7) is 9.96. The van der Waals surface area contributed by atoms with Crippen molar-refractivity contribution < 1.29 is 68.6 Å². The van der Waals surface area contributed by atoms with Crippen LogP contribution >= 0.6 is 0 Å². The standard InChI is InChI=1S/C41H64O14/c1-19-35(46)27(42)15-32(50-19)54-37-21(3)52-33(17-29(37)44)55-36-20(2)51-31(16-28(36)43)53-23-8-11-39(4)22(14-23)6-7-26-25(39)9-12-40(5)34(24-10-13-49-38(24)47)30(45)18-41(26,40)48/h10,19-23,25-37,42-46,48H,6-9,11-18H2,1-5H3/t19-,20-,21-,22-,23+,25+,26-,27+,28+,29+,30+,31+,32+,33+,34+,35-,36-,37-,39+,40-,41+/m1/s1. The summed E-state index contributed by atoms with van der Waals surface area (Å²) in [6, 6.07) is 0. The van der Waals surface area contributed by atoms with Gasteiger partial charge in [0.25, 0.3) is 0 Å². The average Bonchev–Trinajstić information content (AvgIpc) is 3.62. The van der Waals surface area contributed by atoms with Crippen molar-refractivity contribution in [3.63, 3.8) is 0 Å². The summed E-state index contributed by atoms with van der Waals surface area (Å²) in [4.78, 5) is 12.6. The molecule has 0 bridgehead atoms. The summed E-state index contributed by atoms with van der Waals surface area (Å²) in [5, 5.41) is 66.3. The van der Waals surface area contributed by atoms with Gasteiger partial charge in [-0.25, -0.2) is 4.79 Å². The predicted molar refractivity (Wildman–Crippen MR) is 193 cm³/mol. The molecular formula is C41H64O14.